The number of nitrogens with one attached hydrogen (secondary N) is 2. The molecule has 0 aliphatic rings. The highest BCUT2D eigenvalue weighted by molar-refractivity contribution is 5.80. The maximum absolute atomic E-state index is 12.2. The lowest BCUT2D eigenvalue weighted by atomic mass is 10.1. The van der Waals surface area contributed by atoms with E-state index in [9.17, 15) is 10.1 Å². The predicted octanol–water partition coefficient (Wildman–Crippen LogP) is 4.07. The Kier molecular flexibility index (Phi) is 7.47. The third kappa shape index (κ3) is 5.63. The average molecular weight is 401 g/mol. The Labute approximate surface area is 175 Å². The lowest BCUT2D eigenvalue weighted by Crippen LogP contribution is -2.16. The second-order valence-electron chi connectivity index (χ2n) is 6.63. The summed E-state index contributed by atoms with van der Waals surface area (Å²) in [6.45, 7) is 3.50. The molecule has 0 saturated heterocycles. The molecule has 1 heterocycles. The van der Waals surface area contributed by atoms with Crippen LogP contribution in [0.25, 0.3) is 11.3 Å². The third-order valence-electron chi connectivity index (χ3n) is 4.35. The molecule has 2 aromatic carbocycles. The molecular weight excluding hydrogens is 378 g/mol. The van der Waals surface area contributed by atoms with Gasteiger partial charge < -0.3 is 4.74 Å². The molecular formula is C23H23N5O2. The lowest BCUT2D eigenvalue weighted by Gasteiger charge is -2.06. The molecule has 0 fully saturated rings. The minimum atomic E-state index is -0.517. The Bertz CT molecular complexity index is 1080. The number of anilines is 1. The summed E-state index contributed by atoms with van der Waals surface area (Å²) in [5.74, 6) is 0.162. The number of rotatable bonds is 9. The molecule has 0 spiro atoms. The summed E-state index contributed by atoms with van der Waals surface area (Å²) in [5, 5.41) is 13.4. The van der Waals surface area contributed by atoms with Crippen LogP contribution in [0.4, 0.5) is 5.95 Å². The van der Waals surface area contributed by atoms with Crippen molar-refractivity contribution in [1.29, 1.82) is 5.26 Å². The summed E-state index contributed by atoms with van der Waals surface area (Å²) in [6, 6.07) is 18.9. The number of unbranched alkanes of at least 4 members (excludes halogenated alkanes) is 1. The number of hydrazone groups is 1. The molecule has 152 valence electrons. The van der Waals surface area contributed by atoms with Crippen LogP contribution in [-0.4, -0.2) is 22.8 Å². The zero-order chi connectivity index (χ0) is 21.2. The molecule has 7 heteroatoms. The van der Waals surface area contributed by atoms with Crippen LogP contribution in [0.2, 0.25) is 0 Å². The Morgan fingerprint density at radius 2 is 1.97 bits per heavy atom. The molecule has 0 bridgehead atoms. The van der Waals surface area contributed by atoms with Crippen molar-refractivity contribution in [2.75, 3.05) is 12.0 Å². The van der Waals surface area contributed by atoms with E-state index in [0.29, 0.717) is 17.9 Å². The Balaban J connectivity index is 1.68. The monoisotopic (exact) mass is 401 g/mol. The van der Waals surface area contributed by atoms with E-state index < -0.39 is 5.56 Å². The summed E-state index contributed by atoms with van der Waals surface area (Å²) in [4.78, 5) is 19.1. The normalized spacial score (nSPS) is 10.8. The number of nitriles is 1. The molecule has 2 N–H and O–H groups in total. The fourth-order valence-electron chi connectivity index (χ4n) is 2.74. The first kappa shape index (κ1) is 21.0. The number of benzene rings is 2. The molecule has 3 rings (SSSR count). The van der Waals surface area contributed by atoms with Crippen LogP contribution in [0.3, 0.4) is 0 Å². The van der Waals surface area contributed by atoms with Crippen LogP contribution < -0.4 is 11.0 Å². The molecule has 30 heavy (non-hydrogen) atoms. The molecule has 1 aromatic heterocycles. The van der Waals surface area contributed by atoms with Crippen LogP contribution in [0.5, 0.6) is 0 Å². The van der Waals surface area contributed by atoms with Gasteiger partial charge in [0.25, 0.3) is 5.56 Å². The third-order valence-corrected chi connectivity index (χ3v) is 4.35. The minimum absolute atomic E-state index is 0.0347. The summed E-state index contributed by atoms with van der Waals surface area (Å²) < 4.78 is 5.61. The zero-order valence-corrected chi connectivity index (χ0v) is 16.8. The van der Waals surface area contributed by atoms with Crippen LogP contribution in [-0.2, 0) is 11.3 Å². The van der Waals surface area contributed by atoms with E-state index in [4.69, 9.17) is 4.74 Å². The summed E-state index contributed by atoms with van der Waals surface area (Å²) >= 11 is 0. The Morgan fingerprint density at radius 3 is 2.67 bits per heavy atom. The van der Waals surface area contributed by atoms with Crippen molar-refractivity contribution >= 4 is 12.2 Å². The number of hydrogen-bond acceptors (Lipinski definition) is 6. The topological polar surface area (TPSA) is 103 Å². The van der Waals surface area contributed by atoms with Crippen molar-refractivity contribution in [3.8, 4) is 17.3 Å². The number of aromatic amines is 1. The van der Waals surface area contributed by atoms with Gasteiger partial charge in [0.15, 0.2) is 0 Å². The van der Waals surface area contributed by atoms with Gasteiger partial charge in [-0.15, -0.1) is 0 Å². The zero-order valence-electron chi connectivity index (χ0n) is 16.8. The molecule has 0 aliphatic heterocycles. The van der Waals surface area contributed by atoms with E-state index in [2.05, 4.69) is 27.4 Å². The molecule has 0 radical (unpaired) electrons. The van der Waals surface area contributed by atoms with Crippen molar-refractivity contribution in [1.82, 2.24) is 9.97 Å². The van der Waals surface area contributed by atoms with Crippen LogP contribution in [0.15, 0.2) is 64.5 Å². The van der Waals surface area contributed by atoms with E-state index >= 15 is 0 Å². The SMILES string of the molecule is CCCCOCc1ccc(C=NNc2nc(-c3ccccc3)c(C#N)c(=O)[nH]2)cc1. The molecule has 3 aromatic rings. The van der Waals surface area contributed by atoms with E-state index in [0.717, 1.165) is 30.6 Å². The van der Waals surface area contributed by atoms with Gasteiger partial charge in [-0.3, -0.25) is 9.78 Å². The highest BCUT2D eigenvalue weighted by Gasteiger charge is 2.12. The maximum atomic E-state index is 12.2. The summed E-state index contributed by atoms with van der Waals surface area (Å²) in [6.07, 6.45) is 3.81. The van der Waals surface area contributed by atoms with Gasteiger partial charge in [-0.05, 0) is 17.5 Å². The maximum Gasteiger partial charge on any atom is 0.270 e. The molecule has 0 aliphatic carbocycles. The average Bonchev–Trinajstić information content (AvgIpc) is 2.78. The second kappa shape index (κ2) is 10.7. The number of H-pyrrole nitrogens is 1. The number of nitrogens with zero attached hydrogens (tertiary/aromatic N) is 3. The second-order valence-corrected chi connectivity index (χ2v) is 6.63. The van der Waals surface area contributed by atoms with Crippen molar-refractivity contribution in [2.24, 2.45) is 5.10 Å². The number of aromatic nitrogens is 2. The first-order chi connectivity index (χ1) is 14.7. The van der Waals surface area contributed by atoms with Gasteiger partial charge >= 0.3 is 0 Å². The molecule has 0 unspecified atom stereocenters. The van der Waals surface area contributed by atoms with Gasteiger partial charge in [0.1, 0.15) is 11.6 Å². The first-order valence-electron chi connectivity index (χ1n) is 9.77. The van der Waals surface area contributed by atoms with E-state index in [-0.39, 0.29) is 11.5 Å². The highest BCUT2D eigenvalue weighted by Crippen LogP contribution is 2.19. The Hall–Kier alpha value is -3.76. The first-order valence-corrected chi connectivity index (χ1v) is 9.77. The van der Waals surface area contributed by atoms with Crippen molar-refractivity contribution in [2.45, 2.75) is 26.4 Å². The highest BCUT2D eigenvalue weighted by atomic mass is 16.5. The number of ether oxygens (including phenoxy) is 1. The summed E-state index contributed by atoms with van der Waals surface area (Å²) in [7, 11) is 0. The largest absolute Gasteiger partial charge is 0.377 e. The van der Waals surface area contributed by atoms with Gasteiger partial charge in [0, 0.05) is 12.2 Å². The molecule has 0 saturated carbocycles. The molecule has 7 nitrogen and oxygen atoms in total. The molecule has 0 atom stereocenters. The summed E-state index contributed by atoms with van der Waals surface area (Å²) in [5.41, 5.74) is 5.16. The Morgan fingerprint density at radius 1 is 1.20 bits per heavy atom. The van der Waals surface area contributed by atoms with Crippen LogP contribution >= 0.6 is 0 Å². The minimum Gasteiger partial charge on any atom is -0.377 e. The van der Waals surface area contributed by atoms with Gasteiger partial charge in [-0.1, -0.05) is 67.9 Å². The smallest absolute Gasteiger partial charge is 0.270 e. The van der Waals surface area contributed by atoms with E-state index in [1.54, 1.807) is 18.3 Å². The van der Waals surface area contributed by atoms with Crippen molar-refractivity contribution in [3.05, 3.63) is 81.6 Å². The van der Waals surface area contributed by atoms with Gasteiger partial charge in [0.2, 0.25) is 5.95 Å². The molecule has 0 amide bonds. The number of hydrogen-bond donors (Lipinski definition) is 2. The van der Waals surface area contributed by atoms with Gasteiger partial charge in [-0.2, -0.15) is 10.4 Å². The van der Waals surface area contributed by atoms with E-state index in [1.165, 1.54) is 0 Å². The fraction of sp³-hybridized carbons (Fsp3) is 0.217. The van der Waals surface area contributed by atoms with Crippen molar-refractivity contribution < 1.29 is 4.74 Å². The van der Waals surface area contributed by atoms with Crippen LogP contribution in [0.1, 0.15) is 36.5 Å². The van der Waals surface area contributed by atoms with Crippen molar-refractivity contribution in [3.63, 3.8) is 0 Å². The fourth-order valence-corrected chi connectivity index (χ4v) is 2.74. The lowest BCUT2D eigenvalue weighted by molar-refractivity contribution is 0.118. The van der Waals surface area contributed by atoms with Gasteiger partial charge in [-0.25, -0.2) is 10.4 Å². The van der Waals surface area contributed by atoms with Gasteiger partial charge in [0.05, 0.1) is 18.5 Å². The van der Waals surface area contributed by atoms with E-state index in [1.807, 2.05) is 48.5 Å². The predicted molar refractivity (Wildman–Crippen MR) is 117 cm³/mol. The standard InChI is InChI=1S/C23H23N5O2/c1-2-3-13-30-16-18-11-9-17(10-12-18)15-25-28-23-26-21(19-7-5-4-6-8-19)20(14-24)22(29)27-23/h4-12,15H,2-3,13,16H2,1H3,(H2,26,27,28,29). The quantitative estimate of drug-likeness (QED) is 0.320. The van der Waals surface area contributed by atoms with Crippen LogP contribution in [0, 0.1) is 11.3 Å².